The van der Waals surface area contributed by atoms with Gasteiger partial charge in [0.15, 0.2) is 0 Å². The zero-order chi connectivity index (χ0) is 11.7. The van der Waals surface area contributed by atoms with E-state index in [0.717, 1.165) is 19.3 Å². The lowest BCUT2D eigenvalue weighted by Crippen LogP contribution is -2.35. The van der Waals surface area contributed by atoms with Gasteiger partial charge in [-0.25, -0.2) is 0 Å². The molecule has 15 heavy (non-hydrogen) atoms. The summed E-state index contributed by atoms with van der Waals surface area (Å²) >= 11 is 0. The maximum atomic E-state index is 11.6. The molecule has 0 aromatic carbocycles. The fourth-order valence-corrected chi connectivity index (χ4v) is 1.50. The molecule has 0 N–H and O–H groups in total. The molecule has 0 radical (unpaired) electrons. The van der Waals surface area contributed by atoms with Crippen LogP contribution in [0.4, 0.5) is 0 Å². The number of carbonyl (C=O) groups excluding carboxylic acids is 2. The van der Waals surface area contributed by atoms with E-state index in [4.69, 9.17) is 0 Å². The van der Waals surface area contributed by atoms with Gasteiger partial charge in [0.1, 0.15) is 0 Å². The predicted molar refractivity (Wildman–Crippen MR) is 61.4 cm³/mol. The molecular formula is C12H23NO2. The standard InChI is InChI=1S/C12H23NO2/c1-4-6-7-8-10-13(11(3)14)12(15)9-5-2/h4-10H2,1-3H3. The number of nitrogens with zero attached hydrogens (tertiary/aromatic N) is 1. The molecule has 0 unspecified atom stereocenters. The van der Waals surface area contributed by atoms with Crippen molar-refractivity contribution in [1.29, 1.82) is 0 Å². The highest BCUT2D eigenvalue weighted by Crippen LogP contribution is 2.04. The van der Waals surface area contributed by atoms with Gasteiger partial charge in [0.2, 0.25) is 11.8 Å². The lowest BCUT2D eigenvalue weighted by molar-refractivity contribution is -0.143. The van der Waals surface area contributed by atoms with Crippen LogP contribution in [0.1, 0.15) is 59.3 Å². The average Bonchev–Trinajstić information content (AvgIpc) is 2.17. The van der Waals surface area contributed by atoms with Crippen LogP contribution in [0, 0.1) is 0 Å². The van der Waals surface area contributed by atoms with Gasteiger partial charge in [-0.15, -0.1) is 0 Å². The molecule has 3 heteroatoms. The minimum absolute atomic E-state index is 0.0264. The van der Waals surface area contributed by atoms with Crippen LogP contribution >= 0.6 is 0 Å². The minimum atomic E-state index is -0.120. The predicted octanol–water partition coefficient (Wildman–Crippen LogP) is 2.74. The molecule has 88 valence electrons. The van der Waals surface area contributed by atoms with Gasteiger partial charge in [0, 0.05) is 19.9 Å². The molecule has 0 aliphatic heterocycles. The van der Waals surface area contributed by atoms with Crippen LogP contribution in [-0.2, 0) is 9.59 Å². The third-order valence-electron chi connectivity index (χ3n) is 2.38. The first-order valence-corrected chi connectivity index (χ1v) is 5.94. The first kappa shape index (κ1) is 14.1. The van der Waals surface area contributed by atoms with Crippen LogP contribution in [0.3, 0.4) is 0 Å². The SMILES string of the molecule is CCCCCCN(C(C)=O)C(=O)CCC. The Bertz CT molecular complexity index is 202. The minimum Gasteiger partial charge on any atom is -0.283 e. The number of carbonyl (C=O) groups is 2. The summed E-state index contributed by atoms with van der Waals surface area (Å²) in [6, 6.07) is 0. The quantitative estimate of drug-likeness (QED) is 0.610. The summed E-state index contributed by atoms with van der Waals surface area (Å²) in [5.41, 5.74) is 0. The molecule has 0 aliphatic carbocycles. The van der Waals surface area contributed by atoms with Crippen molar-refractivity contribution in [3.63, 3.8) is 0 Å². The Morgan fingerprint density at radius 1 is 1.00 bits per heavy atom. The normalized spacial score (nSPS) is 10.1. The molecule has 0 saturated heterocycles. The highest BCUT2D eigenvalue weighted by atomic mass is 16.2. The van der Waals surface area contributed by atoms with E-state index < -0.39 is 0 Å². The second-order valence-electron chi connectivity index (χ2n) is 3.88. The van der Waals surface area contributed by atoms with Crippen molar-refractivity contribution in [2.75, 3.05) is 6.54 Å². The van der Waals surface area contributed by atoms with Crippen molar-refractivity contribution in [2.45, 2.75) is 59.3 Å². The molecule has 0 fully saturated rings. The van der Waals surface area contributed by atoms with E-state index in [1.807, 2.05) is 6.92 Å². The Kier molecular flexibility index (Phi) is 7.96. The van der Waals surface area contributed by atoms with E-state index in [-0.39, 0.29) is 11.8 Å². The topological polar surface area (TPSA) is 37.4 Å². The van der Waals surface area contributed by atoms with E-state index in [9.17, 15) is 9.59 Å². The number of imide groups is 1. The summed E-state index contributed by atoms with van der Waals surface area (Å²) in [5.74, 6) is -0.147. The molecule has 2 amide bonds. The summed E-state index contributed by atoms with van der Waals surface area (Å²) in [5, 5.41) is 0. The molecule has 0 bridgehead atoms. The molecule has 0 aliphatic rings. The van der Waals surface area contributed by atoms with Crippen LogP contribution in [-0.4, -0.2) is 23.3 Å². The number of amides is 2. The fraction of sp³-hybridized carbons (Fsp3) is 0.833. The Morgan fingerprint density at radius 3 is 2.13 bits per heavy atom. The first-order valence-electron chi connectivity index (χ1n) is 5.94. The van der Waals surface area contributed by atoms with E-state index in [1.54, 1.807) is 0 Å². The van der Waals surface area contributed by atoms with Crippen molar-refractivity contribution in [1.82, 2.24) is 4.90 Å². The van der Waals surface area contributed by atoms with Crippen molar-refractivity contribution in [2.24, 2.45) is 0 Å². The van der Waals surface area contributed by atoms with Gasteiger partial charge in [-0.1, -0.05) is 33.1 Å². The number of unbranched alkanes of at least 4 members (excludes halogenated alkanes) is 3. The van der Waals surface area contributed by atoms with Gasteiger partial charge in [-0.2, -0.15) is 0 Å². The third-order valence-corrected chi connectivity index (χ3v) is 2.38. The molecule has 0 rings (SSSR count). The van der Waals surface area contributed by atoms with Gasteiger partial charge >= 0.3 is 0 Å². The highest BCUT2D eigenvalue weighted by Gasteiger charge is 2.15. The van der Waals surface area contributed by atoms with Gasteiger partial charge in [0.05, 0.1) is 0 Å². The van der Waals surface area contributed by atoms with E-state index in [2.05, 4.69) is 6.92 Å². The second-order valence-corrected chi connectivity index (χ2v) is 3.88. The van der Waals surface area contributed by atoms with Crippen LogP contribution in [0.25, 0.3) is 0 Å². The average molecular weight is 213 g/mol. The van der Waals surface area contributed by atoms with Gasteiger partial charge in [0.25, 0.3) is 0 Å². The largest absolute Gasteiger partial charge is 0.283 e. The van der Waals surface area contributed by atoms with E-state index >= 15 is 0 Å². The number of hydrogen-bond acceptors (Lipinski definition) is 2. The Hall–Kier alpha value is -0.860. The maximum absolute atomic E-state index is 11.6. The Labute approximate surface area is 92.8 Å². The smallest absolute Gasteiger partial charge is 0.229 e. The third kappa shape index (κ3) is 6.26. The molecule has 3 nitrogen and oxygen atoms in total. The maximum Gasteiger partial charge on any atom is 0.229 e. The fourth-order valence-electron chi connectivity index (χ4n) is 1.50. The zero-order valence-corrected chi connectivity index (χ0v) is 10.2. The zero-order valence-electron chi connectivity index (χ0n) is 10.2. The van der Waals surface area contributed by atoms with Crippen LogP contribution in [0.5, 0.6) is 0 Å². The van der Waals surface area contributed by atoms with Crippen LogP contribution in [0.2, 0.25) is 0 Å². The Balaban J connectivity index is 3.94. The molecule has 0 heterocycles. The Morgan fingerprint density at radius 2 is 1.67 bits per heavy atom. The molecule has 0 aromatic heterocycles. The first-order chi connectivity index (χ1) is 7.13. The summed E-state index contributed by atoms with van der Waals surface area (Å²) in [7, 11) is 0. The summed E-state index contributed by atoms with van der Waals surface area (Å²) in [6.07, 6.45) is 5.66. The molecule has 0 atom stereocenters. The number of rotatable bonds is 7. The van der Waals surface area contributed by atoms with Crippen molar-refractivity contribution in [3.8, 4) is 0 Å². The molecule has 0 spiro atoms. The molecular weight excluding hydrogens is 190 g/mol. The van der Waals surface area contributed by atoms with Crippen LogP contribution in [0.15, 0.2) is 0 Å². The van der Waals surface area contributed by atoms with Crippen LogP contribution < -0.4 is 0 Å². The molecule has 0 saturated carbocycles. The summed E-state index contributed by atoms with van der Waals surface area (Å²) < 4.78 is 0. The van der Waals surface area contributed by atoms with E-state index in [1.165, 1.54) is 24.7 Å². The lowest BCUT2D eigenvalue weighted by Gasteiger charge is -2.18. The molecule has 0 aromatic rings. The van der Waals surface area contributed by atoms with Crippen molar-refractivity contribution < 1.29 is 9.59 Å². The van der Waals surface area contributed by atoms with Gasteiger partial charge < -0.3 is 0 Å². The van der Waals surface area contributed by atoms with Crippen molar-refractivity contribution >= 4 is 11.8 Å². The van der Waals surface area contributed by atoms with E-state index in [0.29, 0.717) is 13.0 Å². The van der Waals surface area contributed by atoms with Crippen molar-refractivity contribution in [3.05, 3.63) is 0 Å². The second kappa shape index (κ2) is 8.45. The highest BCUT2D eigenvalue weighted by molar-refractivity contribution is 5.94. The van der Waals surface area contributed by atoms with Gasteiger partial charge in [-0.3, -0.25) is 14.5 Å². The lowest BCUT2D eigenvalue weighted by atomic mass is 10.2. The number of hydrogen-bond donors (Lipinski definition) is 0. The van der Waals surface area contributed by atoms with Gasteiger partial charge in [-0.05, 0) is 12.8 Å². The summed E-state index contributed by atoms with van der Waals surface area (Å²) in [6.45, 7) is 6.15. The summed E-state index contributed by atoms with van der Waals surface area (Å²) in [4.78, 5) is 24.2. The monoisotopic (exact) mass is 213 g/mol.